The Morgan fingerprint density at radius 2 is 2.42 bits per heavy atom. The Bertz CT molecular complexity index is 525. The molecular formula is C14H20N4O. The van der Waals surface area contributed by atoms with E-state index in [1.807, 2.05) is 18.7 Å². The first-order chi connectivity index (χ1) is 9.36. The molecule has 1 unspecified atom stereocenters. The lowest BCUT2D eigenvalue weighted by atomic mass is 9.96. The van der Waals surface area contributed by atoms with Crippen LogP contribution in [0.25, 0.3) is 0 Å². The first-order valence-corrected chi connectivity index (χ1v) is 7.01. The van der Waals surface area contributed by atoms with Crippen LogP contribution < -0.4 is 5.32 Å². The monoisotopic (exact) mass is 260 g/mol. The standard InChI is InChI=1S/C14H20N4O/c1-2-12-7-17-14(19-12)9-18-10-16-8-13(18)11-4-3-5-15-6-11/h7-8,10-11,15H,2-6,9H2,1H3. The molecule has 0 amide bonds. The predicted molar refractivity (Wildman–Crippen MR) is 72.1 cm³/mol. The number of aryl methyl sites for hydroxylation is 1. The summed E-state index contributed by atoms with van der Waals surface area (Å²) in [7, 11) is 0. The number of oxazole rings is 1. The lowest BCUT2D eigenvalue weighted by Crippen LogP contribution is -2.29. The quantitative estimate of drug-likeness (QED) is 0.913. The van der Waals surface area contributed by atoms with Gasteiger partial charge in [0.2, 0.25) is 5.89 Å². The Morgan fingerprint density at radius 1 is 1.47 bits per heavy atom. The largest absolute Gasteiger partial charge is 0.444 e. The topological polar surface area (TPSA) is 55.9 Å². The van der Waals surface area contributed by atoms with Crippen LogP contribution in [0.5, 0.6) is 0 Å². The van der Waals surface area contributed by atoms with Crippen molar-refractivity contribution in [2.75, 3.05) is 13.1 Å². The van der Waals surface area contributed by atoms with Crippen molar-refractivity contribution >= 4 is 0 Å². The van der Waals surface area contributed by atoms with Gasteiger partial charge in [0.05, 0.1) is 12.5 Å². The number of nitrogens with one attached hydrogen (secondary N) is 1. The van der Waals surface area contributed by atoms with E-state index in [-0.39, 0.29) is 0 Å². The van der Waals surface area contributed by atoms with E-state index in [1.165, 1.54) is 18.5 Å². The predicted octanol–water partition coefficient (Wildman–Crippen LogP) is 1.95. The highest BCUT2D eigenvalue weighted by Crippen LogP contribution is 2.23. The molecule has 3 rings (SSSR count). The molecule has 1 fully saturated rings. The molecule has 5 heteroatoms. The molecule has 3 heterocycles. The number of hydrogen-bond donors (Lipinski definition) is 1. The van der Waals surface area contributed by atoms with Crippen molar-refractivity contribution in [3.8, 4) is 0 Å². The van der Waals surface area contributed by atoms with Gasteiger partial charge in [-0.3, -0.25) is 0 Å². The average Bonchev–Trinajstić information content (AvgIpc) is 3.09. The summed E-state index contributed by atoms with van der Waals surface area (Å²) in [5.74, 6) is 2.26. The number of nitrogens with zero attached hydrogens (tertiary/aromatic N) is 3. The zero-order valence-electron chi connectivity index (χ0n) is 11.3. The summed E-state index contributed by atoms with van der Waals surface area (Å²) in [5, 5.41) is 3.45. The van der Waals surface area contributed by atoms with E-state index in [9.17, 15) is 0 Å². The SMILES string of the molecule is CCc1cnc(Cn2cncc2C2CCCNC2)o1. The zero-order chi connectivity index (χ0) is 13.1. The lowest BCUT2D eigenvalue weighted by Gasteiger charge is -2.23. The molecule has 0 aromatic carbocycles. The van der Waals surface area contributed by atoms with Crippen molar-refractivity contribution in [3.63, 3.8) is 0 Å². The highest BCUT2D eigenvalue weighted by Gasteiger charge is 2.19. The Labute approximate surface area is 113 Å². The Kier molecular flexibility index (Phi) is 3.64. The highest BCUT2D eigenvalue weighted by molar-refractivity contribution is 5.09. The molecule has 1 atom stereocenters. The van der Waals surface area contributed by atoms with Gasteiger partial charge in [-0.05, 0) is 19.4 Å². The van der Waals surface area contributed by atoms with Crippen molar-refractivity contribution in [1.29, 1.82) is 0 Å². The maximum absolute atomic E-state index is 5.67. The molecule has 2 aromatic heterocycles. The first kappa shape index (κ1) is 12.4. The van der Waals surface area contributed by atoms with Crippen molar-refractivity contribution in [3.05, 3.63) is 36.1 Å². The average molecular weight is 260 g/mol. The van der Waals surface area contributed by atoms with Crippen molar-refractivity contribution in [2.45, 2.75) is 38.6 Å². The molecule has 5 nitrogen and oxygen atoms in total. The second kappa shape index (κ2) is 5.57. The molecule has 0 aliphatic carbocycles. The minimum Gasteiger partial charge on any atom is -0.444 e. The van der Waals surface area contributed by atoms with Crippen LogP contribution in [0, 0.1) is 0 Å². The van der Waals surface area contributed by atoms with Crippen molar-refractivity contribution < 1.29 is 4.42 Å². The number of piperidine rings is 1. The second-order valence-electron chi connectivity index (χ2n) is 5.06. The van der Waals surface area contributed by atoms with Gasteiger partial charge in [-0.15, -0.1) is 0 Å². The fourth-order valence-electron chi connectivity index (χ4n) is 2.64. The number of rotatable bonds is 4. The van der Waals surface area contributed by atoms with E-state index >= 15 is 0 Å². The van der Waals surface area contributed by atoms with E-state index in [0.717, 1.165) is 31.2 Å². The maximum atomic E-state index is 5.67. The third-order valence-electron chi connectivity index (χ3n) is 3.72. The zero-order valence-corrected chi connectivity index (χ0v) is 11.3. The van der Waals surface area contributed by atoms with E-state index in [1.54, 1.807) is 0 Å². The fourth-order valence-corrected chi connectivity index (χ4v) is 2.64. The van der Waals surface area contributed by atoms with Gasteiger partial charge in [0, 0.05) is 30.8 Å². The number of hydrogen-bond acceptors (Lipinski definition) is 4. The number of imidazole rings is 1. The first-order valence-electron chi connectivity index (χ1n) is 7.01. The Hall–Kier alpha value is -1.62. The summed E-state index contributed by atoms with van der Waals surface area (Å²) in [6, 6.07) is 0. The molecule has 1 aliphatic heterocycles. The van der Waals surface area contributed by atoms with Crippen LogP contribution in [0.1, 0.15) is 43.0 Å². The van der Waals surface area contributed by atoms with Crippen LogP contribution in [0.3, 0.4) is 0 Å². The van der Waals surface area contributed by atoms with Crippen molar-refractivity contribution in [1.82, 2.24) is 19.9 Å². The van der Waals surface area contributed by atoms with Crippen LogP contribution in [0.15, 0.2) is 23.1 Å². The van der Waals surface area contributed by atoms with E-state index in [2.05, 4.69) is 26.8 Å². The van der Waals surface area contributed by atoms with Crippen LogP contribution in [-0.2, 0) is 13.0 Å². The molecule has 0 bridgehead atoms. The van der Waals surface area contributed by atoms with Crippen LogP contribution in [0.2, 0.25) is 0 Å². The van der Waals surface area contributed by atoms with Crippen LogP contribution >= 0.6 is 0 Å². The maximum Gasteiger partial charge on any atom is 0.214 e. The molecule has 1 saturated heterocycles. The summed E-state index contributed by atoms with van der Waals surface area (Å²) in [6.07, 6.45) is 9.00. The number of aromatic nitrogens is 3. The third kappa shape index (κ3) is 2.71. The van der Waals surface area contributed by atoms with Crippen LogP contribution in [0.4, 0.5) is 0 Å². The highest BCUT2D eigenvalue weighted by atomic mass is 16.4. The Balaban J connectivity index is 1.75. The van der Waals surface area contributed by atoms with Crippen molar-refractivity contribution in [2.24, 2.45) is 0 Å². The molecule has 19 heavy (non-hydrogen) atoms. The molecule has 0 radical (unpaired) electrons. The molecule has 1 aliphatic rings. The van der Waals surface area contributed by atoms with Gasteiger partial charge in [0.15, 0.2) is 0 Å². The van der Waals surface area contributed by atoms with Gasteiger partial charge in [-0.1, -0.05) is 6.92 Å². The molecule has 0 saturated carbocycles. The summed E-state index contributed by atoms with van der Waals surface area (Å²) >= 11 is 0. The third-order valence-corrected chi connectivity index (χ3v) is 3.72. The minimum absolute atomic E-state index is 0.553. The molecule has 0 spiro atoms. The van der Waals surface area contributed by atoms with Gasteiger partial charge in [0.25, 0.3) is 0 Å². The smallest absolute Gasteiger partial charge is 0.214 e. The van der Waals surface area contributed by atoms with E-state index < -0.39 is 0 Å². The van der Waals surface area contributed by atoms with Crippen LogP contribution in [-0.4, -0.2) is 27.6 Å². The normalized spacial score (nSPS) is 19.7. The Morgan fingerprint density at radius 3 is 3.16 bits per heavy atom. The van der Waals surface area contributed by atoms with Gasteiger partial charge >= 0.3 is 0 Å². The van der Waals surface area contributed by atoms with Gasteiger partial charge in [-0.2, -0.15) is 0 Å². The summed E-state index contributed by atoms with van der Waals surface area (Å²) < 4.78 is 7.83. The van der Waals surface area contributed by atoms with Gasteiger partial charge in [-0.25, -0.2) is 9.97 Å². The second-order valence-corrected chi connectivity index (χ2v) is 5.06. The summed E-state index contributed by atoms with van der Waals surface area (Å²) in [4.78, 5) is 8.60. The van der Waals surface area contributed by atoms with E-state index in [0.29, 0.717) is 12.5 Å². The molecule has 2 aromatic rings. The summed E-state index contributed by atoms with van der Waals surface area (Å²) in [5.41, 5.74) is 1.28. The summed E-state index contributed by atoms with van der Waals surface area (Å²) in [6.45, 7) is 4.91. The minimum atomic E-state index is 0.553. The lowest BCUT2D eigenvalue weighted by molar-refractivity contribution is 0.420. The molecule has 102 valence electrons. The molecular weight excluding hydrogens is 240 g/mol. The van der Waals surface area contributed by atoms with Gasteiger partial charge < -0.3 is 14.3 Å². The molecule has 1 N–H and O–H groups in total. The van der Waals surface area contributed by atoms with Gasteiger partial charge in [0.1, 0.15) is 12.3 Å². The van der Waals surface area contributed by atoms with E-state index in [4.69, 9.17) is 4.42 Å². The fraction of sp³-hybridized carbons (Fsp3) is 0.571.